The fraction of sp³-hybridized carbons (Fsp3) is 0.0952. The molecule has 0 heterocycles. The molecule has 0 saturated heterocycles. The maximum atomic E-state index is 12.5. The Bertz CT molecular complexity index is 1070. The predicted octanol–water partition coefficient (Wildman–Crippen LogP) is 3.35. The summed E-state index contributed by atoms with van der Waals surface area (Å²) in [6, 6.07) is 16.9. The summed E-state index contributed by atoms with van der Waals surface area (Å²) in [5.41, 5.74) is 0.345. The van der Waals surface area contributed by atoms with Crippen LogP contribution in [-0.2, 0) is 0 Å². The number of carbonyl (C=O) groups is 3. The number of fused-ring (bicyclic) bond motifs is 1. The van der Waals surface area contributed by atoms with Gasteiger partial charge in [-0.2, -0.15) is 0 Å². The third-order valence-electron chi connectivity index (χ3n) is 4.18. The molecule has 2 amide bonds. The molecular weight excluding hydrogens is 380 g/mol. The van der Waals surface area contributed by atoms with E-state index in [4.69, 9.17) is 11.6 Å². The minimum Gasteiger partial charge on any atom is -0.478 e. The molecular formula is C21H17ClN2O4. The van der Waals surface area contributed by atoms with E-state index in [1.165, 1.54) is 6.07 Å². The number of rotatable bonds is 6. The number of carbonyl (C=O) groups excluding carboxylic acids is 2. The number of hydrogen-bond donors (Lipinski definition) is 3. The summed E-state index contributed by atoms with van der Waals surface area (Å²) in [4.78, 5) is 36.1. The van der Waals surface area contributed by atoms with E-state index < -0.39 is 11.9 Å². The average Bonchev–Trinajstić information content (AvgIpc) is 2.70. The number of aromatic carboxylic acids is 1. The number of hydrogen-bond acceptors (Lipinski definition) is 3. The second-order valence-electron chi connectivity index (χ2n) is 6.04. The van der Waals surface area contributed by atoms with Crippen molar-refractivity contribution in [1.82, 2.24) is 10.6 Å². The fourth-order valence-corrected chi connectivity index (χ4v) is 3.01. The first kappa shape index (κ1) is 19.4. The second kappa shape index (κ2) is 8.54. The first-order valence-corrected chi connectivity index (χ1v) is 8.92. The van der Waals surface area contributed by atoms with E-state index in [1.54, 1.807) is 42.5 Å². The molecule has 0 spiro atoms. The van der Waals surface area contributed by atoms with Gasteiger partial charge in [-0.1, -0.05) is 48.0 Å². The molecule has 3 aromatic rings. The highest BCUT2D eigenvalue weighted by molar-refractivity contribution is 6.33. The van der Waals surface area contributed by atoms with Crippen LogP contribution in [0.2, 0.25) is 5.02 Å². The van der Waals surface area contributed by atoms with E-state index in [1.807, 2.05) is 12.1 Å². The molecule has 6 nitrogen and oxygen atoms in total. The summed E-state index contributed by atoms with van der Waals surface area (Å²) >= 11 is 5.97. The first-order chi connectivity index (χ1) is 13.5. The molecule has 0 aliphatic rings. The largest absolute Gasteiger partial charge is 0.478 e. The van der Waals surface area contributed by atoms with Crippen LogP contribution in [0.5, 0.6) is 0 Å². The van der Waals surface area contributed by atoms with Crippen molar-refractivity contribution >= 4 is 40.2 Å². The van der Waals surface area contributed by atoms with Gasteiger partial charge < -0.3 is 15.7 Å². The van der Waals surface area contributed by atoms with E-state index in [0.717, 1.165) is 10.8 Å². The van der Waals surface area contributed by atoms with Gasteiger partial charge in [0.15, 0.2) is 0 Å². The highest BCUT2D eigenvalue weighted by atomic mass is 35.5. The maximum Gasteiger partial charge on any atom is 0.336 e. The smallest absolute Gasteiger partial charge is 0.336 e. The maximum absolute atomic E-state index is 12.5. The monoisotopic (exact) mass is 396 g/mol. The van der Waals surface area contributed by atoms with Crippen LogP contribution in [0.3, 0.4) is 0 Å². The Balaban J connectivity index is 1.65. The van der Waals surface area contributed by atoms with Gasteiger partial charge in [-0.15, -0.1) is 0 Å². The SMILES string of the molecule is O=C(NCCNC(=O)c1cc2ccccc2cc1C(=O)O)c1ccccc1Cl. The molecule has 28 heavy (non-hydrogen) atoms. The lowest BCUT2D eigenvalue weighted by molar-refractivity contribution is 0.0691. The molecule has 0 bridgehead atoms. The summed E-state index contributed by atoms with van der Waals surface area (Å²) < 4.78 is 0. The van der Waals surface area contributed by atoms with E-state index in [-0.39, 0.29) is 30.1 Å². The van der Waals surface area contributed by atoms with Crippen molar-refractivity contribution in [3.8, 4) is 0 Å². The van der Waals surface area contributed by atoms with Crippen molar-refractivity contribution in [2.75, 3.05) is 13.1 Å². The van der Waals surface area contributed by atoms with Gasteiger partial charge in [0.1, 0.15) is 0 Å². The molecule has 0 aliphatic carbocycles. The molecule has 0 radical (unpaired) electrons. The van der Waals surface area contributed by atoms with Crippen molar-refractivity contribution in [3.05, 3.63) is 82.4 Å². The first-order valence-electron chi connectivity index (χ1n) is 8.54. The third-order valence-corrected chi connectivity index (χ3v) is 4.51. The fourth-order valence-electron chi connectivity index (χ4n) is 2.79. The molecule has 3 rings (SSSR count). The molecule has 3 N–H and O–H groups in total. The Kier molecular flexibility index (Phi) is 5.91. The van der Waals surface area contributed by atoms with Gasteiger partial charge in [0.05, 0.1) is 21.7 Å². The molecule has 0 fully saturated rings. The molecule has 0 aromatic heterocycles. The lowest BCUT2D eigenvalue weighted by Crippen LogP contribution is -2.35. The van der Waals surface area contributed by atoms with Crippen molar-refractivity contribution in [1.29, 1.82) is 0 Å². The van der Waals surface area contributed by atoms with Gasteiger partial charge in [-0.25, -0.2) is 4.79 Å². The number of amides is 2. The van der Waals surface area contributed by atoms with Gasteiger partial charge in [0, 0.05) is 13.1 Å². The summed E-state index contributed by atoms with van der Waals surface area (Å²) in [7, 11) is 0. The van der Waals surface area contributed by atoms with Crippen molar-refractivity contribution < 1.29 is 19.5 Å². The Morgan fingerprint density at radius 1 is 0.750 bits per heavy atom. The molecule has 0 saturated carbocycles. The zero-order chi connectivity index (χ0) is 20.1. The van der Waals surface area contributed by atoms with E-state index in [9.17, 15) is 19.5 Å². The van der Waals surface area contributed by atoms with Gasteiger partial charge in [-0.05, 0) is 35.0 Å². The van der Waals surface area contributed by atoms with E-state index >= 15 is 0 Å². The van der Waals surface area contributed by atoms with E-state index in [0.29, 0.717) is 10.6 Å². The van der Waals surface area contributed by atoms with Crippen molar-refractivity contribution in [2.24, 2.45) is 0 Å². The van der Waals surface area contributed by atoms with Crippen LogP contribution in [0.15, 0.2) is 60.7 Å². The summed E-state index contributed by atoms with van der Waals surface area (Å²) in [6.45, 7) is 0.312. The Morgan fingerprint density at radius 3 is 1.82 bits per heavy atom. The minimum atomic E-state index is -1.18. The molecule has 0 unspecified atom stereocenters. The summed E-state index contributed by atoms with van der Waals surface area (Å²) in [5.74, 6) is -2.05. The number of carboxylic acids is 1. The number of benzene rings is 3. The molecule has 0 aliphatic heterocycles. The van der Waals surface area contributed by atoms with Crippen LogP contribution in [0, 0.1) is 0 Å². The lowest BCUT2D eigenvalue weighted by atomic mass is 10.0. The molecule has 7 heteroatoms. The molecule has 0 atom stereocenters. The molecule has 3 aromatic carbocycles. The predicted molar refractivity (Wildman–Crippen MR) is 107 cm³/mol. The minimum absolute atomic E-state index is 0.0728. The molecule has 142 valence electrons. The summed E-state index contributed by atoms with van der Waals surface area (Å²) in [5, 5.41) is 16.6. The average molecular weight is 397 g/mol. The van der Waals surface area contributed by atoms with Crippen LogP contribution < -0.4 is 10.6 Å². The number of carboxylic acid groups (broad SMARTS) is 1. The second-order valence-corrected chi connectivity index (χ2v) is 6.45. The van der Waals surface area contributed by atoms with Crippen LogP contribution in [-0.4, -0.2) is 36.0 Å². The summed E-state index contributed by atoms with van der Waals surface area (Å²) in [6.07, 6.45) is 0. The Hall–Kier alpha value is -3.38. The van der Waals surface area contributed by atoms with Gasteiger partial charge >= 0.3 is 5.97 Å². The van der Waals surface area contributed by atoms with Gasteiger partial charge in [0.25, 0.3) is 11.8 Å². The van der Waals surface area contributed by atoms with Crippen LogP contribution in [0.1, 0.15) is 31.1 Å². The Morgan fingerprint density at radius 2 is 1.25 bits per heavy atom. The number of nitrogens with one attached hydrogen (secondary N) is 2. The van der Waals surface area contributed by atoms with E-state index in [2.05, 4.69) is 10.6 Å². The van der Waals surface area contributed by atoms with Crippen LogP contribution >= 0.6 is 11.6 Å². The normalized spacial score (nSPS) is 10.5. The van der Waals surface area contributed by atoms with Gasteiger partial charge in [0.2, 0.25) is 0 Å². The standard InChI is InChI=1S/C21H17ClN2O4/c22-18-8-4-3-7-15(18)19(25)23-9-10-24-20(26)16-11-13-5-1-2-6-14(13)12-17(16)21(27)28/h1-8,11-12H,9-10H2,(H,23,25)(H,24,26)(H,27,28). The highest BCUT2D eigenvalue weighted by Crippen LogP contribution is 2.20. The topological polar surface area (TPSA) is 95.5 Å². The van der Waals surface area contributed by atoms with Crippen molar-refractivity contribution in [2.45, 2.75) is 0 Å². The highest BCUT2D eigenvalue weighted by Gasteiger charge is 2.17. The van der Waals surface area contributed by atoms with Crippen LogP contribution in [0.25, 0.3) is 10.8 Å². The Labute approximate surface area is 166 Å². The lowest BCUT2D eigenvalue weighted by Gasteiger charge is -2.11. The third kappa shape index (κ3) is 4.29. The van der Waals surface area contributed by atoms with Gasteiger partial charge in [-0.3, -0.25) is 9.59 Å². The zero-order valence-electron chi connectivity index (χ0n) is 14.7. The zero-order valence-corrected chi connectivity index (χ0v) is 15.5. The number of halogens is 1. The quantitative estimate of drug-likeness (QED) is 0.557. The van der Waals surface area contributed by atoms with Crippen LogP contribution in [0.4, 0.5) is 0 Å². The van der Waals surface area contributed by atoms with Crippen molar-refractivity contribution in [3.63, 3.8) is 0 Å².